The number of piperazine rings is 1. The molecule has 2 rings (SSSR count). The lowest BCUT2D eigenvalue weighted by Gasteiger charge is -2.44. The van der Waals surface area contributed by atoms with Crippen LogP contribution in [0.2, 0.25) is 0 Å². The van der Waals surface area contributed by atoms with Crippen molar-refractivity contribution in [3.8, 4) is 0 Å². The van der Waals surface area contributed by atoms with Crippen molar-refractivity contribution >= 4 is 0 Å². The van der Waals surface area contributed by atoms with Gasteiger partial charge in [0.2, 0.25) is 0 Å². The monoisotopic (exact) mass is 372 g/mol. The third-order valence-electron chi connectivity index (χ3n) is 4.06. The van der Waals surface area contributed by atoms with Gasteiger partial charge in [-0.15, -0.1) is 0 Å². The molecular weight excluding hydrogens is 356 g/mol. The Labute approximate surface area is 132 Å². The Bertz CT molecular complexity index is 418. The second kappa shape index (κ2) is 6.89. The second-order valence-corrected chi connectivity index (χ2v) is 5.53. The first-order valence-electron chi connectivity index (χ1n) is 7.13. The van der Waals surface area contributed by atoms with Gasteiger partial charge in [-0.1, -0.05) is 0 Å². The first-order chi connectivity index (χ1) is 11.0. The minimum absolute atomic E-state index is 0.0317. The predicted octanol–water partition coefficient (Wildman–Crippen LogP) is 2.11. The van der Waals surface area contributed by atoms with Gasteiger partial charge in [0.25, 0.3) is 5.67 Å². The van der Waals surface area contributed by atoms with Crippen molar-refractivity contribution in [1.29, 1.82) is 0 Å². The molecule has 0 N–H and O–H groups in total. The summed E-state index contributed by atoms with van der Waals surface area (Å²) in [6.07, 6.45) is -15.7. The normalized spacial score (nSPS) is 29.2. The van der Waals surface area contributed by atoms with E-state index in [1.807, 2.05) is 0 Å². The van der Waals surface area contributed by atoms with Crippen molar-refractivity contribution in [3.05, 3.63) is 0 Å². The fraction of sp³-hybridized carbons (Fsp3) is 1.00. The number of hydrogen-bond donors (Lipinski definition) is 0. The van der Waals surface area contributed by atoms with Gasteiger partial charge in [-0.3, -0.25) is 4.90 Å². The summed E-state index contributed by atoms with van der Waals surface area (Å²) in [5, 5.41) is 0. The lowest BCUT2D eigenvalue weighted by atomic mass is 9.95. The van der Waals surface area contributed by atoms with Gasteiger partial charge in [0.05, 0.1) is 19.8 Å². The summed E-state index contributed by atoms with van der Waals surface area (Å²) in [5.41, 5.74) is -4.40. The summed E-state index contributed by atoms with van der Waals surface area (Å²) in [6.45, 7) is -4.07. The van der Waals surface area contributed by atoms with Gasteiger partial charge < -0.3 is 9.47 Å². The Morgan fingerprint density at radius 2 is 1.46 bits per heavy atom. The maximum atomic E-state index is 14.7. The van der Waals surface area contributed by atoms with Crippen LogP contribution in [0, 0.1) is 0 Å². The van der Waals surface area contributed by atoms with Crippen LogP contribution in [0.4, 0.5) is 35.1 Å². The molecule has 0 aromatic heterocycles. The highest BCUT2D eigenvalue weighted by Crippen LogP contribution is 2.44. The number of ether oxygens (including phenoxy) is 2. The smallest absolute Gasteiger partial charge is 0.376 e. The van der Waals surface area contributed by atoms with Crippen molar-refractivity contribution in [2.75, 3.05) is 46.0 Å². The molecule has 2 heterocycles. The van der Waals surface area contributed by atoms with Gasteiger partial charge >= 0.3 is 12.5 Å². The molecule has 3 atom stereocenters. The Kier molecular flexibility index (Phi) is 5.62. The number of halogens is 8. The second-order valence-electron chi connectivity index (χ2n) is 5.53. The standard InChI is InChI=1S/C12H16F8N2O2/c13-9(21-1-3-22(4-2-21)12(18,19)20)10(14,11(15,16)17)8-7-23-5-6-24-8/h8-9H,1-7H2. The molecule has 4 nitrogen and oxygen atoms in total. The molecule has 3 unspecified atom stereocenters. The van der Waals surface area contributed by atoms with E-state index in [1.165, 1.54) is 0 Å². The van der Waals surface area contributed by atoms with Crippen LogP contribution in [0.1, 0.15) is 0 Å². The largest absolute Gasteiger partial charge is 0.460 e. The van der Waals surface area contributed by atoms with Crippen LogP contribution in [0.3, 0.4) is 0 Å². The molecule has 142 valence electrons. The van der Waals surface area contributed by atoms with Crippen LogP contribution in [0.25, 0.3) is 0 Å². The van der Waals surface area contributed by atoms with Crippen molar-refractivity contribution in [2.45, 2.75) is 30.5 Å². The highest BCUT2D eigenvalue weighted by atomic mass is 19.4. The number of nitrogens with zero attached hydrogens (tertiary/aromatic N) is 2. The van der Waals surface area contributed by atoms with Crippen LogP contribution in [-0.2, 0) is 9.47 Å². The van der Waals surface area contributed by atoms with E-state index in [1.54, 1.807) is 0 Å². The molecule has 2 aliphatic rings. The summed E-state index contributed by atoms with van der Waals surface area (Å²) < 4.78 is 116. The van der Waals surface area contributed by atoms with Crippen molar-refractivity contribution in [2.24, 2.45) is 0 Å². The van der Waals surface area contributed by atoms with Gasteiger partial charge in [-0.25, -0.2) is 13.7 Å². The SMILES string of the molecule is FC(N1CCN(C(F)(F)F)CC1)C(F)(C1COCCO1)C(F)(F)F. The van der Waals surface area contributed by atoms with E-state index in [2.05, 4.69) is 4.74 Å². The van der Waals surface area contributed by atoms with Crippen molar-refractivity contribution in [3.63, 3.8) is 0 Å². The Morgan fingerprint density at radius 1 is 0.875 bits per heavy atom. The molecule has 0 aromatic rings. The summed E-state index contributed by atoms with van der Waals surface area (Å²) >= 11 is 0. The minimum Gasteiger partial charge on any atom is -0.376 e. The summed E-state index contributed by atoms with van der Waals surface area (Å²) in [7, 11) is 0. The third-order valence-corrected chi connectivity index (χ3v) is 4.06. The molecule has 0 aliphatic carbocycles. The van der Waals surface area contributed by atoms with Crippen LogP contribution in [-0.4, -0.2) is 86.3 Å². The van der Waals surface area contributed by atoms with Gasteiger partial charge in [0.1, 0.15) is 6.10 Å². The zero-order valence-electron chi connectivity index (χ0n) is 12.3. The molecule has 0 spiro atoms. The molecule has 2 fully saturated rings. The highest BCUT2D eigenvalue weighted by molar-refractivity contribution is 5.02. The van der Waals surface area contributed by atoms with Crippen LogP contribution >= 0.6 is 0 Å². The molecule has 2 aliphatic heterocycles. The number of alkyl halides is 8. The summed E-state index contributed by atoms with van der Waals surface area (Å²) in [5.74, 6) is 0. The van der Waals surface area contributed by atoms with Crippen molar-refractivity contribution < 1.29 is 44.6 Å². The summed E-state index contributed by atoms with van der Waals surface area (Å²) in [4.78, 5) is 0.442. The maximum Gasteiger partial charge on any atom is 0.460 e. The molecule has 0 amide bonds. The first kappa shape index (κ1) is 19.6. The Morgan fingerprint density at radius 3 is 1.88 bits per heavy atom. The topological polar surface area (TPSA) is 24.9 Å². The molecule has 0 bridgehead atoms. The van der Waals surface area contributed by atoms with E-state index >= 15 is 0 Å². The molecule has 12 heteroatoms. The number of rotatable bonds is 3. The van der Waals surface area contributed by atoms with E-state index in [0.29, 0.717) is 4.90 Å². The van der Waals surface area contributed by atoms with E-state index in [0.717, 1.165) is 0 Å². The Balaban J connectivity index is 2.13. The molecule has 0 radical (unpaired) electrons. The van der Waals surface area contributed by atoms with E-state index < -0.39 is 63.3 Å². The molecule has 2 saturated heterocycles. The Hall–Kier alpha value is -0.720. The van der Waals surface area contributed by atoms with E-state index in [-0.39, 0.29) is 18.1 Å². The summed E-state index contributed by atoms with van der Waals surface area (Å²) in [6, 6.07) is 0. The van der Waals surface area contributed by atoms with Gasteiger partial charge in [0, 0.05) is 26.2 Å². The zero-order valence-corrected chi connectivity index (χ0v) is 12.3. The first-order valence-corrected chi connectivity index (χ1v) is 7.13. The van der Waals surface area contributed by atoms with Gasteiger partial charge in [-0.2, -0.15) is 26.3 Å². The van der Waals surface area contributed by atoms with Crippen LogP contribution < -0.4 is 0 Å². The van der Waals surface area contributed by atoms with Crippen molar-refractivity contribution in [1.82, 2.24) is 9.80 Å². The zero-order chi connectivity index (χ0) is 18.2. The fourth-order valence-electron chi connectivity index (χ4n) is 2.67. The maximum absolute atomic E-state index is 14.7. The quantitative estimate of drug-likeness (QED) is 0.560. The lowest BCUT2D eigenvalue weighted by molar-refractivity contribution is -0.320. The number of hydrogen-bond acceptors (Lipinski definition) is 4. The molecule has 24 heavy (non-hydrogen) atoms. The van der Waals surface area contributed by atoms with Crippen LogP contribution in [0.15, 0.2) is 0 Å². The average Bonchev–Trinajstić information content (AvgIpc) is 2.52. The fourth-order valence-corrected chi connectivity index (χ4v) is 2.67. The minimum atomic E-state index is -5.61. The molecular formula is C12H16F8N2O2. The highest BCUT2D eigenvalue weighted by Gasteiger charge is 2.68. The van der Waals surface area contributed by atoms with Gasteiger partial charge in [0.15, 0.2) is 6.30 Å². The van der Waals surface area contributed by atoms with Crippen LogP contribution in [0.5, 0.6) is 0 Å². The average molecular weight is 372 g/mol. The van der Waals surface area contributed by atoms with Gasteiger partial charge in [-0.05, 0) is 0 Å². The lowest BCUT2D eigenvalue weighted by Crippen LogP contribution is -2.67. The van der Waals surface area contributed by atoms with E-state index in [4.69, 9.17) is 4.74 Å². The third kappa shape index (κ3) is 3.75. The van der Waals surface area contributed by atoms with E-state index in [9.17, 15) is 35.1 Å². The predicted molar refractivity (Wildman–Crippen MR) is 64.6 cm³/mol. The molecule has 0 aromatic carbocycles. The molecule has 0 saturated carbocycles.